The van der Waals surface area contributed by atoms with Crippen molar-refractivity contribution in [1.82, 2.24) is 9.62 Å². The zero-order valence-corrected chi connectivity index (χ0v) is 20.6. The molecule has 3 aromatic carbocycles. The summed E-state index contributed by atoms with van der Waals surface area (Å²) in [6, 6.07) is 21.2. The first-order chi connectivity index (χ1) is 16.2. The number of carbonyl (C=O) groups is 1. The first-order valence-corrected chi connectivity index (χ1v) is 12.3. The third-order valence-corrected chi connectivity index (χ3v) is 7.26. The molecule has 0 spiro atoms. The highest BCUT2D eigenvalue weighted by molar-refractivity contribution is 7.89. The normalized spacial score (nSPS) is 12.3. The van der Waals surface area contributed by atoms with Gasteiger partial charge in [0, 0.05) is 6.54 Å². The molecule has 0 radical (unpaired) electrons. The topological polar surface area (TPSA) is 84.9 Å². The van der Waals surface area contributed by atoms with Crippen LogP contribution in [0.2, 0.25) is 0 Å². The maximum atomic E-state index is 13.7. The van der Waals surface area contributed by atoms with Crippen LogP contribution in [0.25, 0.3) is 0 Å². The quantitative estimate of drug-likeness (QED) is 0.471. The summed E-state index contributed by atoms with van der Waals surface area (Å²) < 4.78 is 39.0. The van der Waals surface area contributed by atoms with E-state index in [1.165, 1.54) is 11.4 Å². The minimum Gasteiger partial charge on any atom is -0.497 e. The van der Waals surface area contributed by atoms with E-state index in [1.807, 2.05) is 68.4 Å². The van der Waals surface area contributed by atoms with Crippen LogP contribution in [0.5, 0.6) is 11.5 Å². The van der Waals surface area contributed by atoms with Gasteiger partial charge in [-0.3, -0.25) is 4.79 Å². The fraction of sp³-hybridized carbons (Fsp3) is 0.269. The van der Waals surface area contributed by atoms with Gasteiger partial charge in [0.1, 0.15) is 16.4 Å². The van der Waals surface area contributed by atoms with Crippen molar-refractivity contribution in [3.63, 3.8) is 0 Å². The second-order valence-corrected chi connectivity index (χ2v) is 9.88. The van der Waals surface area contributed by atoms with Gasteiger partial charge in [-0.25, -0.2) is 8.42 Å². The van der Waals surface area contributed by atoms with Crippen molar-refractivity contribution in [2.24, 2.45) is 0 Å². The average molecular weight is 483 g/mol. The lowest BCUT2D eigenvalue weighted by Gasteiger charge is -2.24. The number of aryl methyl sites for hydroxylation is 1. The Labute approximate surface area is 201 Å². The molecule has 3 aromatic rings. The van der Waals surface area contributed by atoms with Gasteiger partial charge in [-0.05, 0) is 54.8 Å². The molecule has 0 bridgehead atoms. The van der Waals surface area contributed by atoms with Crippen molar-refractivity contribution in [3.8, 4) is 11.5 Å². The average Bonchev–Trinajstić information content (AvgIpc) is 2.84. The molecule has 0 heterocycles. The maximum Gasteiger partial charge on any atom is 0.247 e. The van der Waals surface area contributed by atoms with Gasteiger partial charge in [0.15, 0.2) is 0 Å². The number of sulfonamides is 1. The Kier molecular flexibility index (Phi) is 8.31. The van der Waals surface area contributed by atoms with Crippen LogP contribution in [0.1, 0.15) is 29.7 Å². The predicted molar refractivity (Wildman–Crippen MR) is 131 cm³/mol. The van der Waals surface area contributed by atoms with E-state index in [9.17, 15) is 13.2 Å². The molecular formula is C26H30N2O5S. The van der Waals surface area contributed by atoms with Crippen LogP contribution in [0.15, 0.2) is 77.7 Å². The van der Waals surface area contributed by atoms with Crippen molar-refractivity contribution >= 4 is 15.9 Å². The molecule has 1 atom stereocenters. The fourth-order valence-corrected chi connectivity index (χ4v) is 5.19. The van der Waals surface area contributed by atoms with Crippen LogP contribution in [0.4, 0.5) is 0 Å². The zero-order chi connectivity index (χ0) is 24.7. The molecule has 0 unspecified atom stereocenters. The van der Waals surface area contributed by atoms with E-state index in [2.05, 4.69) is 5.32 Å². The number of carbonyl (C=O) groups excluding carboxylic acids is 1. The second kappa shape index (κ2) is 11.2. The fourth-order valence-electron chi connectivity index (χ4n) is 3.56. The van der Waals surface area contributed by atoms with Crippen LogP contribution in [0.3, 0.4) is 0 Å². The van der Waals surface area contributed by atoms with E-state index < -0.39 is 15.9 Å². The van der Waals surface area contributed by atoms with Crippen molar-refractivity contribution in [3.05, 3.63) is 89.5 Å². The van der Waals surface area contributed by atoms with Gasteiger partial charge in [0.2, 0.25) is 15.9 Å². The number of ether oxygens (including phenoxy) is 2. The van der Waals surface area contributed by atoms with Crippen LogP contribution in [0, 0.1) is 6.92 Å². The molecular weight excluding hydrogens is 452 g/mol. The number of amides is 1. The Morgan fingerprint density at radius 3 is 2.26 bits per heavy atom. The van der Waals surface area contributed by atoms with E-state index in [-0.39, 0.29) is 29.8 Å². The highest BCUT2D eigenvalue weighted by Crippen LogP contribution is 2.29. The molecule has 0 aliphatic carbocycles. The number of hydrogen-bond donors (Lipinski definition) is 1. The van der Waals surface area contributed by atoms with Crippen LogP contribution < -0.4 is 14.8 Å². The minimum absolute atomic E-state index is 0.0296. The minimum atomic E-state index is -4.04. The summed E-state index contributed by atoms with van der Waals surface area (Å²) >= 11 is 0. The van der Waals surface area contributed by atoms with Crippen molar-refractivity contribution < 1.29 is 22.7 Å². The lowest BCUT2D eigenvalue weighted by molar-refractivity contribution is -0.122. The van der Waals surface area contributed by atoms with E-state index in [4.69, 9.17) is 9.47 Å². The van der Waals surface area contributed by atoms with Gasteiger partial charge in [0.25, 0.3) is 0 Å². The van der Waals surface area contributed by atoms with Crippen molar-refractivity contribution in [2.45, 2.75) is 31.3 Å². The molecule has 180 valence electrons. The number of hydrogen-bond acceptors (Lipinski definition) is 5. The molecule has 0 aliphatic rings. The van der Waals surface area contributed by atoms with Crippen molar-refractivity contribution in [1.29, 1.82) is 0 Å². The van der Waals surface area contributed by atoms with E-state index in [0.717, 1.165) is 22.4 Å². The van der Waals surface area contributed by atoms with Crippen molar-refractivity contribution in [2.75, 3.05) is 20.8 Å². The summed E-state index contributed by atoms with van der Waals surface area (Å²) in [5.41, 5.74) is 2.43. The highest BCUT2D eigenvalue weighted by atomic mass is 32.2. The Morgan fingerprint density at radius 2 is 1.65 bits per heavy atom. The van der Waals surface area contributed by atoms with Gasteiger partial charge < -0.3 is 14.8 Å². The maximum absolute atomic E-state index is 13.7. The second-order valence-electron chi connectivity index (χ2n) is 7.98. The van der Waals surface area contributed by atoms with Gasteiger partial charge in [-0.1, -0.05) is 48.5 Å². The third kappa shape index (κ3) is 6.15. The highest BCUT2D eigenvalue weighted by Gasteiger charge is 2.30. The molecule has 0 aliphatic heterocycles. The summed E-state index contributed by atoms with van der Waals surface area (Å²) in [5, 5.41) is 2.90. The van der Waals surface area contributed by atoms with Gasteiger partial charge >= 0.3 is 0 Å². The number of nitrogens with one attached hydrogen (secondary N) is 1. The summed E-state index contributed by atoms with van der Waals surface area (Å²) in [6.45, 7) is 3.36. The molecule has 0 saturated heterocycles. The molecule has 1 amide bonds. The number of methoxy groups -OCH3 is 2. The largest absolute Gasteiger partial charge is 0.497 e. The Morgan fingerprint density at radius 1 is 0.971 bits per heavy atom. The SMILES string of the molecule is COc1ccc([C@H](C)NC(=O)CN(Cc2ccccc2)S(=O)(=O)c2cc(C)ccc2OC)cc1. The van der Waals surface area contributed by atoms with Gasteiger partial charge in [-0.15, -0.1) is 0 Å². The lowest BCUT2D eigenvalue weighted by atomic mass is 10.1. The molecule has 0 fully saturated rings. The summed E-state index contributed by atoms with van der Waals surface area (Å²) in [5.74, 6) is 0.541. The zero-order valence-electron chi connectivity index (χ0n) is 19.8. The molecule has 0 aromatic heterocycles. The number of nitrogens with zero attached hydrogens (tertiary/aromatic N) is 1. The first-order valence-electron chi connectivity index (χ1n) is 10.9. The molecule has 3 rings (SSSR count). The summed E-state index contributed by atoms with van der Waals surface area (Å²) in [4.78, 5) is 13.0. The van der Waals surface area contributed by atoms with E-state index >= 15 is 0 Å². The van der Waals surface area contributed by atoms with E-state index in [0.29, 0.717) is 0 Å². The number of benzene rings is 3. The van der Waals surface area contributed by atoms with Crippen LogP contribution >= 0.6 is 0 Å². The van der Waals surface area contributed by atoms with Crippen LogP contribution in [-0.4, -0.2) is 39.4 Å². The molecule has 8 heteroatoms. The standard InChI is InChI=1S/C26H30N2O5S/c1-19-10-15-24(33-4)25(16-19)34(30,31)28(17-21-8-6-5-7-9-21)18-26(29)27-20(2)22-11-13-23(32-3)14-12-22/h5-16,20H,17-18H2,1-4H3,(H,27,29)/t20-/m0/s1. The smallest absolute Gasteiger partial charge is 0.247 e. The Hall–Kier alpha value is -3.36. The summed E-state index contributed by atoms with van der Waals surface area (Å²) in [6.07, 6.45) is 0. The van der Waals surface area contributed by atoms with Gasteiger partial charge in [-0.2, -0.15) is 4.31 Å². The first kappa shape index (κ1) is 25.3. The number of rotatable bonds is 10. The Bertz CT molecular complexity index is 1210. The molecule has 7 nitrogen and oxygen atoms in total. The molecule has 34 heavy (non-hydrogen) atoms. The Balaban J connectivity index is 1.87. The predicted octanol–water partition coefficient (Wildman–Crippen LogP) is 4.08. The van der Waals surface area contributed by atoms with E-state index in [1.54, 1.807) is 25.3 Å². The van der Waals surface area contributed by atoms with Gasteiger partial charge in [0.05, 0.1) is 26.8 Å². The molecule has 1 N–H and O–H groups in total. The molecule has 0 saturated carbocycles. The monoisotopic (exact) mass is 482 g/mol. The van der Waals surface area contributed by atoms with Crippen LogP contribution in [-0.2, 0) is 21.4 Å². The third-order valence-electron chi connectivity index (χ3n) is 5.45. The lowest BCUT2D eigenvalue weighted by Crippen LogP contribution is -2.41. The summed E-state index contributed by atoms with van der Waals surface area (Å²) in [7, 11) is -1.02.